The molecule has 2 aliphatic rings. The van der Waals surface area contributed by atoms with Crippen molar-refractivity contribution in [2.75, 3.05) is 32.4 Å². The highest BCUT2D eigenvalue weighted by molar-refractivity contribution is 8.00. The highest BCUT2D eigenvalue weighted by atomic mass is 32.2. The number of thioether (sulfide) groups is 1. The van der Waals surface area contributed by atoms with Crippen LogP contribution in [0.15, 0.2) is 0 Å². The molecule has 0 aromatic rings. The van der Waals surface area contributed by atoms with Gasteiger partial charge in [-0.15, -0.1) is 0 Å². The average Bonchev–Trinajstić information content (AvgIpc) is 2.65. The van der Waals surface area contributed by atoms with Crippen LogP contribution in [0, 0.1) is 0 Å². The van der Waals surface area contributed by atoms with E-state index in [1.54, 1.807) is 0 Å². The molecule has 2 saturated heterocycles. The fourth-order valence-electron chi connectivity index (χ4n) is 2.55. The van der Waals surface area contributed by atoms with Crippen molar-refractivity contribution in [3.8, 4) is 0 Å². The Kier molecular flexibility index (Phi) is 3.97. The summed E-state index contributed by atoms with van der Waals surface area (Å²) in [4.78, 5) is 2.43. The highest BCUT2D eigenvalue weighted by Gasteiger charge is 2.30. The molecule has 1 N–H and O–H groups in total. The van der Waals surface area contributed by atoms with Gasteiger partial charge < -0.3 is 10.2 Å². The summed E-state index contributed by atoms with van der Waals surface area (Å²) in [6, 6.07) is 0.777. The normalized spacial score (nSPS) is 34.8. The second-order valence-electron chi connectivity index (χ2n) is 5.36. The average molecular weight is 228 g/mol. The molecule has 2 rings (SSSR count). The van der Waals surface area contributed by atoms with Gasteiger partial charge in [-0.25, -0.2) is 0 Å². The Morgan fingerprint density at radius 3 is 2.73 bits per heavy atom. The van der Waals surface area contributed by atoms with Crippen LogP contribution in [0.4, 0.5) is 0 Å². The van der Waals surface area contributed by atoms with Crippen molar-refractivity contribution in [2.45, 2.75) is 43.4 Å². The molecule has 0 amide bonds. The first kappa shape index (κ1) is 11.7. The Labute approximate surface area is 98.2 Å². The summed E-state index contributed by atoms with van der Waals surface area (Å²) in [6.45, 7) is 6.17. The minimum Gasteiger partial charge on any atom is -0.313 e. The van der Waals surface area contributed by atoms with Crippen molar-refractivity contribution in [1.29, 1.82) is 0 Å². The highest BCUT2D eigenvalue weighted by Crippen LogP contribution is 2.37. The molecule has 0 aromatic heterocycles. The molecule has 2 fully saturated rings. The lowest BCUT2D eigenvalue weighted by molar-refractivity contribution is 0.232. The fourth-order valence-corrected chi connectivity index (χ4v) is 3.80. The van der Waals surface area contributed by atoms with E-state index in [9.17, 15) is 0 Å². The number of nitrogens with one attached hydrogen (secondary N) is 1. The van der Waals surface area contributed by atoms with Gasteiger partial charge in [-0.05, 0) is 58.5 Å². The first-order chi connectivity index (χ1) is 7.18. The van der Waals surface area contributed by atoms with Crippen molar-refractivity contribution in [3.05, 3.63) is 0 Å². The van der Waals surface area contributed by atoms with Gasteiger partial charge in [0.2, 0.25) is 0 Å². The second kappa shape index (κ2) is 5.07. The van der Waals surface area contributed by atoms with Crippen LogP contribution in [0.25, 0.3) is 0 Å². The lowest BCUT2D eigenvalue weighted by atomic mass is 10.0. The zero-order valence-corrected chi connectivity index (χ0v) is 10.9. The van der Waals surface area contributed by atoms with Crippen LogP contribution in [0.2, 0.25) is 0 Å². The first-order valence-corrected chi connectivity index (χ1v) is 7.22. The van der Waals surface area contributed by atoms with Crippen LogP contribution in [0.5, 0.6) is 0 Å². The van der Waals surface area contributed by atoms with Gasteiger partial charge in [0.15, 0.2) is 0 Å². The van der Waals surface area contributed by atoms with Crippen LogP contribution < -0.4 is 5.32 Å². The Morgan fingerprint density at radius 2 is 2.13 bits per heavy atom. The van der Waals surface area contributed by atoms with E-state index >= 15 is 0 Å². The molecule has 0 aromatic carbocycles. The molecule has 0 bridgehead atoms. The first-order valence-electron chi connectivity index (χ1n) is 6.24. The number of nitrogens with zero attached hydrogens (tertiary/aromatic N) is 1. The molecule has 0 saturated carbocycles. The number of rotatable bonds is 3. The molecule has 0 spiro atoms. The maximum absolute atomic E-state index is 3.78. The molecule has 15 heavy (non-hydrogen) atoms. The van der Waals surface area contributed by atoms with Crippen LogP contribution in [0.1, 0.15) is 32.6 Å². The van der Waals surface area contributed by atoms with E-state index in [1.807, 2.05) is 0 Å². The summed E-state index contributed by atoms with van der Waals surface area (Å²) in [7, 11) is 2.23. The lowest BCUT2D eigenvalue weighted by Crippen LogP contribution is -2.45. The Hall–Kier alpha value is 0.270. The van der Waals surface area contributed by atoms with Gasteiger partial charge in [-0.2, -0.15) is 11.8 Å². The summed E-state index contributed by atoms with van der Waals surface area (Å²) in [5.41, 5.74) is 0. The molecule has 0 radical (unpaired) electrons. The molecule has 3 heteroatoms. The van der Waals surface area contributed by atoms with E-state index in [0.717, 1.165) is 6.04 Å². The van der Waals surface area contributed by atoms with E-state index in [1.165, 1.54) is 51.1 Å². The van der Waals surface area contributed by atoms with Crippen molar-refractivity contribution in [2.24, 2.45) is 0 Å². The summed E-state index contributed by atoms with van der Waals surface area (Å²) in [5.74, 6) is 1.37. The van der Waals surface area contributed by atoms with Gasteiger partial charge in [-0.1, -0.05) is 0 Å². The molecule has 1 unspecified atom stereocenters. The summed E-state index contributed by atoms with van der Waals surface area (Å²) < 4.78 is 0.531. The third kappa shape index (κ3) is 3.36. The second-order valence-corrected chi connectivity index (χ2v) is 7.04. The lowest BCUT2D eigenvalue weighted by Gasteiger charge is -2.32. The topological polar surface area (TPSA) is 15.3 Å². The number of hydrogen-bond acceptors (Lipinski definition) is 3. The minimum atomic E-state index is 0.531. The molecule has 2 nitrogen and oxygen atoms in total. The predicted molar refractivity (Wildman–Crippen MR) is 68.6 cm³/mol. The van der Waals surface area contributed by atoms with E-state index in [4.69, 9.17) is 0 Å². The van der Waals surface area contributed by atoms with E-state index in [-0.39, 0.29) is 0 Å². The monoisotopic (exact) mass is 228 g/mol. The van der Waals surface area contributed by atoms with Gasteiger partial charge in [-0.3, -0.25) is 0 Å². The van der Waals surface area contributed by atoms with Crippen molar-refractivity contribution >= 4 is 11.8 Å². The zero-order valence-electron chi connectivity index (χ0n) is 10.1. The minimum absolute atomic E-state index is 0.531. The third-order valence-electron chi connectivity index (χ3n) is 3.78. The van der Waals surface area contributed by atoms with Crippen LogP contribution in [-0.2, 0) is 0 Å². The molecule has 1 atom stereocenters. The fraction of sp³-hybridized carbons (Fsp3) is 1.00. The van der Waals surface area contributed by atoms with Crippen LogP contribution in [0.3, 0.4) is 0 Å². The van der Waals surface area contributed by atoms with Crippen LogP contribution in [-0.4, -0.2) is 48.1 Å². The summed E-state index contributed by atoms with van der Waals surface area (Å²) in [5, 5.41) is 3.78. The SMILES string of the molecule is CN1CCC(NCC2(C)CCCS2)CC1. The predicted octanol–water partition coefficient (Wildman–Crippen LogP) is 1.96. The van der Waals surface area contributed by atoms with Gasteiger partial charge >= 0.3 is 0 Å². The summed E-state index contributed by atoms with van der Waals surface area (Å²) in [6.07, 6.45) is 5.47. The smallest absolute Gasteiger partial charge is 0.0256 e. The molecule has 0 aliphatic carbocycles. The Morgan fingerprint density at radius 1 is 1.40 bits per heavy atom. The Balaban J connectivity index is 1.69. The number of likely N-dealkylation sites (tertiary alicyclic amines) is 1. The zero-order chi connectivity index (χ0) is 10.7. The molecule has 2 heterocycles. The van der Waals surface area contributed by atoms with E-state index in [2.05, 4.69) is 35.9 Å². The van der Waals surface area contributed by atoms with E-state index < -0.39 is 0 Å². The van der Waals surface area contributed by atoms with Gasteiger partial charge in [0.05, 0.1) is 0 Å². The molecule has 2 aliphatic heterocycles. The van der Waals surface area contributed by atoms with Gasteiger partial charge in [0, 0.05) is 17.3 Å². The van der Waals surface area contributed by atoms with Crippen LogP contribution >= 0.6 is 11.8 Å². The summed E-state index contributed by atoms with van der Waals surface area (Å²) >= 11 is 2.16. The van der Waals surface area contributed by atoms with Crippen molar-refractivity contribution in [1.82, 2.24) is 10.2 Å². The quantitative estimate of drug-likeness (QED) is 0.795. The molecular formula is C12H24N2S. The van der Waals surface area contributed by atoms with Crippen molar-refractivity contribution in [3.63, 3.8) is 0 Å². The maximum atomic E-state index is 3.78. The molecular weight excluding hydrogens is 204 g/mol. The van der Waals surface area contributed by atoms with E-state index in [0.29, 0.717) is 4.75 Å². The Bertz CT molecular complexity index is 194. The third-order valence-corrected chi connectivity index (χ3v) is 5.32. The van der Waals surface area contributed by atoms with Crippen molar-refractivity contribution < 1.29 is 0 Å². The molecule has 88 valence electrons. The maximum Gasteiger partial charge on any atom is 0.0256 e. The number of hydrogen-bond donors (Lipinski definition) is 1. The number of piperidine rings is 1. The van der Waals surface area contributed by atoms with Gasteiger partial charge in [0.25, 0.3) is 0 Å². The standard InChI is InChI=1S/C12H24N2S/c1-12(6-3-9-15-12)10-13-11-4-7-14(2)8-5-11/h11,13H,3-10H2,1-2H3. The largest absolute Gasteiger partial charge is 0.313 e. The van der Waals surface area contributed by atoms with Gasteiger partial charge in [0.1, 0.15) is 0 Å².